The van der Waals surface area contributed by atoms with Gasteiger partial charge in [-0.25, -0.2) is 0 Å². The van der Waals surface area contributed by atoms with Crippen molar-refractivity contribution in [3.05, 3.63) is 72.8 Å². The van der Waals surface area contributed by atoms with E-state index >= 15 is 0 Å². The molecular formula is C42H63N9. The molecule has 0 saturated carbocycles. The van der Waals surface area contributed by atoms with Crippen LogP contribution >= 0.6 is 0 Å². The van der Waals surface area contributed by atoms with E-state index in [1.54, 1.807) is 0 Å². The summed E-state index contributed by atoms with van der Waals surface area (Å²) < 4.78 is 0. The topological polar surface area (TPSA) is 111 Å². The van der Waals surface area contributed by atoms with Crippen molar-refractivity contribution < 1.29 is 0 Å². The minimum atomic E-state index is 0.410. The predicted octanol–water partition coefficient (Wildman–Crippen LogP) is 11.8. The van der Waals surface area contributed by atoms with E-state index in [4.69, 9.17) is 15.0 Å². The molecule has 9 nitrogen and oxygen atoms in total. The summed E-state index contributed by atoms with van der Waals surface area (Å²) in [5, 5.41) is 21.0. The molecule has 6 N–H and O–H groups in total. The molecule has 51 heavy (non-hydrogen) atoms. The Labute approximate surface area is 307 Å². The van der Waals surface area contributed by atoms with Gasteiger partial charge in [-0.3, -0.25) is 0 Å². The molecule has 4 rings (SSSR count). The third-order valence-corrected chi connectivity index (χ3v) is 8.83. The van der Waals surface area contributed by atoms with Gasteiger partial charge in [0.25, 0.3) is 0 Å². The molecule has 3 aromatic carbocycles. The molecule has 0 aliphatic carbocycles. The first-order chi connectivity index (χ1) is 24.4. The molecule has 0 fully saturated rings. The largest absolute Gasteiger partial charge is 0.383 e. The van der Waals surface area contributed by atoms with Crippen molar-refractivity contribution in [3.63, 3.8) is 0 Å². The number of benzene rings is 3. The third-order valence-electron chi connectivity index (χ3n) is 8.83. The second kappa shape index (κ2) is 19.8. The Kier molecular flexibility index (Phi) is 15.2. The van der Waals surface area contributed by atoms with Crippen LogP contribution in [-0.2, 0) is 0 Å². The zero-order chi connectivity index (χ0) is 36.8. The van der Waals surface area contributed by atoms with Gasteiger partial charge in [-0.1, -0.05) is 41.5 Å². The van der Waals surface area contributed by atoms with Gasteiger partial charge in [-0.15, -0.1) is 0 Å². The van der Waals surface area contributed by atoms with Crippen LogP contribution in [0.25, 0.3) is 0 Å². The molecule has 0 radical (unpaired) electrons. The van der Waals surface area contributed by atoms with Crippen LogP contribution in [0.5, 0.6) is 0 Å². The van der Waals surface area contributed by atoms with Crippen LogP contribution in [0.2, 0.25) is 0 Å². The van der Waals surface area contributed by atoms with E-state index in [0.717, 1.165) is 53.4 Å². The van der Waals surface area contributed by atoms with Gasteiger partial charge in [-0.2, -0.15) is 15.0 Å². The highest BCUT2D eigenvalue weighted by atomic mass is 15.3. The molecule has 0 amide bonds. The first-order valence-electron chi connectivity index (χ1n) is 19.1. The lowest BCUT2D eigenvalue weighted by Crippen LogP contribution is -2.15. The van der Waals surface area contributed by atoms with Crippen LogP contribution in [0.3, 0.4) is 0 Å². The van der Waals surface area contributed by atoms with Gasteiger partial charge >= 0.3 is 0 Å². The smallest absolute Gasteiger partial charge is 0.233 e. The summed E-state index contributed by atoms with van der Waals surface area (Å²) in [6.45, 7) is 20.3. The fourth-order valence-electron chi connectivity index (χ4n) is 5.70. The highest BCUT2D eigenvalue weighted by Gasteiger charge is 2.11. The Morgan fingerprint density at radius 3 is 0.765 bits per heavy atom. The summed E-state index contributed by atoms with van der Waals surface area (Å²) in [5.41, 5.74) is 5.96. The standard InChI is InChI=1S/C42H63N9/c1-28(2)10-13-31(7)43-34-16-22-37(23-17-34)46-40-49-41(47-38-24-18-35(19-25-38)44-32(8)14-11-29(3)4)51-42(50-40)48-39-26-20-36(21-27-39)45-33(9)15-12-30(5)6/h16-33,43-45H,10-15H2,1-9H3,(H3,46,47,48,49,50,51). The zero-order valence-electron chi connectivity index (χ0n) is 32.5. The summed E-state index contributed by atoms with van der Waals surface area (Å²) in [5.74, 6) is 3.43. The third kappa shape index (κ3) is 14.7. The summed E-state index contributed by atoms with van der Waals surface area (Å²) in [7, 11) is 0. The average Bonchev–Trinajstić information content (AvgIpc) is 3.08. The summed E-state index contributed by atoms with van der Waals surface area (Å²) in [4.78, 5) is 14.2. The molecule has 0 spiro atoms. The van der Waals surface area contributed by atoms with Crippen molar-refractivity contribution >= 4 is 52.0 Å². The first kappa shape index (κ1) is 39.3. The Morgan fingerprint density at radius 2 is 0.549 bits per heavy atom. The van der Waals surface area contributed by atoms with Crippen molar-refractivity contribution in [2.75, 3.05) is 31.9 Å². The fraction of sp³-hybridized carbons (Fsp3) is 0.500. The fourth-order valence-corrected chi connectivity index (χ4v) is 5.70. The second-order valence-electron chi connectivity index (χ2n) is 15.5. The molecule has 0 aliphatic rings. The number of hydrogen-bond acceptors (Lipinski definition) is 9. The maximum Gasteiger partial charge on any atom is 0.233 e. The lowest BCUT2D eigenvalue weighted by atomic mass is 10.0. The van der Waals surface area contributed by atoms with Crippen molar-refractivity contribution in [2.24, 2.45) is 17.8 Å². The number of hydrogen-bond donors (Lipinski definition) is 6. The molecule has 3 unspecified atom stereocenters. The Morgan fingerprint density at radius 1 is 0.333 bits per heavy atom. The van der Waals surface area contributed by atoms with Crippen molar-refractivity contribution in [1.82, 2.24) is 15.0 Å². The predicted molar refractivity (Wildman–Crippen MR) is 220 cm³/mol. The van der Waals surface area contributed by atoms with Crippen LogP contribution < -0.4 is 31.9 Å². The molecule has 276 valence electrons. The monoisotopic (exact) mass is 694 g/mol. The summed E-state index contributed by atoms with van der Waals surface area (Å²) in [6, 6.07) is 26.0. The number of nitrogens with one attached hydrogen (secondary N) is 6. The minimum absolute atomic E-state index is 0.410. The number of nitrogens with zero attached hydrogens (tertiary/aromatic N) is 3. The van der Waals surface area contributed by atoms with E-state index in [-0.39, 0.29) is 0 Å². The summed E-state index contributed by atoms with van der Waals surface area (Å²) in [6.07, 6.45) is 7.04. The highest BCUT2D eigenvalue weighted by Crippen LogP contribution is 2.25. The number of anilines is 9. The van der Waals surface area contributed by atoms with Crippen LogP contribution in [0.1, 0.15) is 101 Å². The Balaban J connectivity index is 1.48. The van der Waals surface area contributed by atoms with Crippen molar-refractivity contribution in [2.45, 2.75) is 119 Å². The molecule has 1 heterocycles. The highest BCUT2D eigenvalue weighted by molar-refractivity contribution is 5.65. The SMILES string of the molecule is CC(C)CCC(C)Nc1ccc(Nc2nc(Nc3ccc(NC(C)CCC(C)C)cc3)nc(Nc3ccc(NC(C)CCC(C)C)cc3)n2)cc1. The van der Waals surface area contributed by atoms with Crippen LogP contribution in [0, 0.1) is 17.8 Å². The van der Waals surface area contributed by atoms with Crippen LogP contribution in [0.15, 0.2) is 72.8 Å². The van der Waals surface area contributed by atoms with Gasteiger partial charge in [0, 0.05) is 52.2 Å². The first-order valence-corrected chi connectivity index (χ1v) is 19.1. The van der Waals surface area contributed by atoms with Crippen molar-refractivity contribution in [1.29, 1.82) is 0 Å². The maximum atomic E-state index is 4.74. The number of rotatable bonds is 21. The van der Waals surface area contributed by atoms with Crippen LogP contribution in [0.4, 0.5) is 52.0 Å². The Bertz CT molecular complexity index is 1370. The van der Waals surface area contributed by atoms with E-state index in [1.165, 1.54) is 19.3 Å². The van der Waals surface area contributed by atoms with E-state index in [0.29, 0.717) is 53.7 Å². The molecule has 0 saturated heterocycles. The lowest BCUT2D eigenvalue weighted by molar-refractivity contribution is 0.528. The zero-order valence-corrected chi connectivity index (χ0v) is 32.5. The summed E-state index contributed by atoms with van der Waals surface area (Å²) >= 11 is 0. The molecule has 9 heteroatoms. The second-order valence-corrected chi connectivity index (χ2v) is 15.5. The minimum Gasteiger partial charge on any atom is -0.383 e. The van der Waals surface area contributed by atoms with Gasteiger partial charge in [-0.05, 0) is 150 Å². The van der Waals surface area contributed by atoms with Gasteiger partial charge in [0.2, 0.25) is 17.8 Å². The molecule has 0 aliphatic heterocycles. The Hall–Kier alpha value is -4.53. The van der Waals surface area contributed by atoms with Gasteiger partial charge in [0.15, 0.2) is 0 Å². The maximum absolute atomic E-state index is 4.74. The average molecular weight is 694 g/mol. The van der Waals surface area contributed by atoms with Crippen molar-refractivity contribution in [3.8, 4) is 0 Å². The van der Waals surface area contributed by atoms with Gasteiger partial charge in [0.1, 0.15) is 0 Å². The van der Waals surface area contributed by atoms with Gasteiger partial charge < -0.3 is 31.9 Å². The molecule has 3 atom stereocenters. The quantitative estimate of drug-likeness (QED) is 0.0508. The molecule has 4 aromatic rings. The molecule has 1 aromatic heterocycles. The normalized spacial score (nSPS) is 13.2. The van der Waals surface area contributed by atoms with E-state index in [1.807, 2.05) is 36.4 Å². The molecule has 0 bridgehead atoms. The molecular weight excluding hydrogens is 631 g/mol. The lowest BCUT2D eigenvalue weighted by Gasteiger charge is -2.17. The van der Waals surface area contributed by atoms with E-state index in [2.05, 4.69) is 131 Å². The van der Waals surface area contributed by atoms with E-state index in [9.17, 15) is 0 Å². The van der Waals surface area contributed by atoms with Gasteiger partial charge in [0.05, 0.1) is 0 Å². The van der Waals surface area contributed by atoms with E-state index < -0.39 is 0 Å². The van der Waals surface area contributed by atoms with Crippen LogP contribution in [-0.4, -0.2) is 33.1 Å². The number of aromatic nitrogens is 3.